The molecule has 1 N–H and O–H groups in total. The molecule has 2 aromatic rings. The summed E-state index contributed by atoms with van der Waals surface area (Å²) in [6.07, 6.45) is 1.77. The van der Waals surface area contributed by atoms with E-state index in [-0.39, 0.29) is 12.5 Å². The molecule has 0 unspecified atom stereocenters. The maximum atomic E-state index is 11.6. The van der Waals surface area contributed by atoms with Crippen LogP contribution < -0.4 is 0 Å². The van der Waals surface area contributed by atoms with E-state index in [0.717, 1.165) is 16.9 Å². The second-order valence-corrected chi connectivity index (χ2v) is 4.46. The van der Waals surface area contributed by atoms with E-state index in [1.165, 1.54) is 0 Å². The van der Waals surface area contributed by atoms with E-state index in [2.05, 4.69) is 16.5 Å². The van der Waals surface area contributed by atoms with Gasteiger partial charge in [0.2, 0.25) is 0 Å². The number of hydrogen-bond acceptors (Lipinski definition) is 4. The molecule has 0 radical (unpaired) electrons. The van der Waals surface area contributed by atoms with Crippen LogP contribution in [0.15, 0.2) is 36.9 Å². The number of nitrogens with one attached hydrogen (secondary N) is 1. The van der Waals surface area contributed by atoms with E-state index in [4.69, 9.17) is 4.74 Å². The van der Waals surface area contributed by atoms with Crippen LogP contribution >= 0.6 is 0 Å². The first-order chi connectivity index (χ1) is 9.72. The van der Waals surface area contributed by atoms with Gasteiger partial charge in [-0.05, 0) is 19.1 Å². The summed E-state index contributed by atoms with van der Waals surface area (Å²) >= 11 is 0. The van der Waals surface area contributed by atoms with E-state index in [9.17, 15) is 4.79 Å². The molecule has 0 aliphatic carbocycles. The zero-order valence-electron chi connectivity index (χ0n) is 11.6. The van der Waals surface area contributed by atoms with Crippen molar-refractivity contribution in [2.45, 2.75) is 13.5 Å². The number of hydrogen-bond donors (Lipinski definition) is 1. The number of fused-ring (bicyclic) bond motifs is 1. The highest BCUT2D eigenvalue weighted by Gasteiger charge is 2.13. The lowest BCUT2D eigenvalue weighted by Crippen LogP contribution is -2.31. The number of benzene rings is 1. The molecule has 0 saturated heterocycles. The molecule has 20 heavy (non-hydrogen) atoms. The Morgan fingerprint density at radius 3 is 3.00 bits per heavy atom. The summed E-state index contributed by atoms with van der Waals surface area (Å²) in [5, 5.41) is 0. The number of imidazole rings is 1. The number of H-pyrrole nitrogens is 1. The molecule has 5 heteroatoms. The highest BCUT2D eigenvalue weighted by Crippen LogP contribution is 2.11. The van der Waals surface area contributed by atoms with Crippen LogP contribution in [0.1, 0.15) is 12.7 Å². The minimum absolute atomic E-state index is 0.231. The number of ether oxygens (including phenoxy) is 1. The Labute approximate surface area is 118 Å². The Balaban J connectivity index is 2.06. The third-order valence-electron chi connectivity index (χ3n) is 2.86. The molecular formula is C15H19N3O2. The molecule has 0 fully saturated rings. The highest BCUT2D eigenvalue weighted by atomic mass is 16.5. The number of rotatable bonds is 7. The predicted molar refractivity (Wildman–Crippen MR) is 78.2 cm³/mol. The van der Waals surface area contributed by atoms with Gasteiger partial charge in [0.25, 0.3) is 0 Å². The maximum absolute atomic E-state index is 11.6. The lowest BCUT2D eigenvalue weighted by Gasteiger charge is -2.17. The van der Waals surface area contributed by atoms with Gasteiger partial charge in [0, 0.05) is 6.54 Å². The van der Waals surface area contributed by atoms with Gasteiger partial charge < -0.3 is 9.72 Å². The summed E-state index contributed by atoms with van der Waals surface area (Å²) in [5.74, 6) is 0.600. The van der Waals surface area contributed by atoms with E-state index in [0.29, 0.717) is 19.7 Å². The second kappa shape index (κ2) is 6.86. The van der Waals surface area contributed by atoms with Crippen LogP contribution in [0, 0.1) is 0 Å². The van der Waals surface area contributed by atoms with E-state index >= 15 is 0 Å². The van der Waals surface area contributed by atoms with Crippen molar-refractivity contribution < 1.29 is 9.53 Å². The zero-order valence-corrected chi connectivity index (χ0v) is 11.6. The molecule has 1 heterocycles. The number of aromatic amines is 1. The number of para-hydroxylation sites is 2. The Morgan fingerprint density at radius 1 is 1.50 bits per heavy atom. The normalized spacial score (nSPS) is 10.9. The van der Waals surface area contributed by atoms with Crippen molar-refractivity contribution in [2.75, 3.05) is 19.7 Å². The lowest BCUT2D eigenvalue weighted by atomic mass is 10.3. The molecular weight excluding hydrogens is 254 g/mol. The first-order valence-electron chi connectivity index (χ1n) is 6.65. The Bertz CT molecular complexity index is 559. The smallest absolute Gasteiger partial charge is 0.320 e. The fraction of sp³-hybridized carbons (Fsp3) is 0.333. The quantitative estimate of drug-likeness (QED) is 0.620. The summed E-state index contributed by atoms with van der Waals surface area (Å²) < 4.78 is 4.97. The Kier molecular flexibility index (Phi) is 4.90. The van der Waals surface area contributed by atoms with Crippen LogP contribution in [0.3, 0.4) is 0 Å². The van der Waals surface area contributed by atoms with E-state index < -0.39 is 0 Å². The van der Waals surface area contributed by atoms with Crippen molar-refractivity contribution in [3.05, 3.63) is 42.7 Å². The summed E-state index contributed by atoms with van der Waals surface area (Å²) in [5.41, 5.74) is 1.93. The van der Waals surface area contributed by atoms with Gasteiger partial charge in [-0.25, -0.2) is 4.98 Å². The summed E-state index contributed by atoms with van der Waals surface area (Å²) in [7, 11) is 0. The van der Waals surface area contributed by atoms with Gasteiger partial charge in [0.15, 0.2) is 0 Å². The van der Waals surface area contributed by atoms with Crippen LogP contribution in [0.5, 0.6) is 0 Å². The molecule has 1 aromatic carbocycles. The van der Waals surface area contributed by atoms with Crippen molar-refractivity contribution in [1.82, 2.24) is 14.9 Å². The van der Waals surface area contributed by atoms with Crippen molar-refractivity contribution in [2.24, 2.45) is 0 Å². The van der Waals surface area contributed by atoms with Crippen molar-refractivity contribution in [3.63, 3.8) is 0 Å². The lowest BCUT2D eigenvalue weighted by molar-refractivity contribution is -0.144. The highest BCUT2D eigenvalue weighted by molar-refractivity contribution is 5.74. The van der Waals surface area contributed by atoms with Crippen LogP contribution in [0.25, 0.3) is 11.0 Å². The van der Waals surface area contributed by atoms with Crippen molar-refractivity contribution >= 4 is 17.0 Å². The monoisotopic (exact) mass is 273 g/mol. The SMILES string of the molecule is C=CCN(CC(=O)OCC)Cc1nc2ccccc2[nH]1. The Hall–Kier alpha value is -2.14. The summed E-state index contributed by atoms with van der Waals surface area (Å²) in [6.45, 7) is 7.30. The van der Waals surface area contributed by atoms with Gasteiger partial charge in [-0.15, -0.1) is 6.58 Å². The summed E-state index contributed by atoms with van der Waals surface area (Å²) in [4.78, 5) is 21.3. The number of esters is 1. The van der Waals surface area contributed by atoms with Crippen LogP contribution in [-0.4, -0.2) is 40.5 Å². The van der Waals surface area contributed by atoms with Gasteiger partial charge in [-0.1, -0.05) is 18.2 Å². The first kappa shape index (κ1) is 14.3. The topological polar surface area (TPSA) is 58.2 Å². The second-order valence-electron chi connectivity index (χ2n) is 4.46. The van der Waals surface area contributed by atoms with Crippen molar-refractivity contribution in [3.8, 4) is 0 Å². The van der Waals surface area contributed by atoms with Gasteiger partial charge in [-0.3, -0.25) is 9.69 Å². The molecule has 0 spiro atoms. The molecule has 0 bridgehead atoms. The van der Waals surface area contributed by atoms with Crippen LogP contribution in [0.2, 0.25) is 0 Å². The largest absolute Gasteiger partial charge is 0.465 e. The molecule has 0 saturated carbocycles. The maximum Gasteiger partial charge on any atom is 0.320 e. The van der Waals surface area contributed by atoms with E-state index in [1.54, 1.807) is 13.0 Å². The predicted octanol–water partition coefficient (Wildman–Crippen LogP) is 2.11. The van der Waals surface area contributed by atoms with Crippen molar-refractivity contribution in [1.29, 1.82) is 0 Å². The molecule has 0 aliphatic rings. The average Bonchev–Trinajstić information content (AvgIpc) is 2.81. The van der Waals surface area contributed by atoms with Gasteiger partial charge >= 0.3 is 5.97 Å². The summed E-state index contributed by atoms with van der Waals surface area (Å²) in [6, 6.07) is 7.85. The van der Waals surface area contributed by atoms with Gasteiger partial charge in [-0.2, -0.15) is 0 Å². The average molecular weight is 273 g/mol. The minimum Gasteiger partial charge on any atom is -0.465 e. The third-order valence-corrected chi connectivity index (χ3v) is 2.86. The molecule has 5 nitrogen and oxygen atoms in total. The minimum atomic E-state index is -0.231. The molecule has 0 aliphatic heterocycles. The molecule has 2 rings (SSSR count). The first-order valence-corrected chi connectivity index (χ1v) is 6.65. The third kappa shape index (κ3) is 3.68. The number of nitrogens with zero attached hydrogens (tertiary/aromatic N) is 2. The van der Waals surface area contributed by atoms with Gasteiger partial charge in [0.1, 0.15) is 5.82 Å². The van der Waals surface area contributed by atoms with Crippen LogP contribution in [-0.2, 0) is 16.1 Å². The fourth-order valence-corrected chi connectivity index (χ4v) is 2.05. The standard InChI is InChI=1S/C15H19N3O2/c1-3-9-18(11-15(19)20-4-2)10-14-16-12-7-5-6-8-13(12)17-14/h3,5-8H,1,4,9-11H2,2H3,(H,16,17). The molecule has 0 amide bonds. The Morgan fingerprint density at radius 2 is 2.30 bits per heavy atom. The zero-order chi connectivity index (χ0) is 14.4. The number of carbonyl (C=O) groups excluding carboxylic acids is 1. The van der Waals surface area contributed by atoms with E-state index in [1.807, 2.05) is 29.2 Å². The fourth-order valence-electron chi connectivity index (χ4n) is 2.05. The van der Waals surface area contributed by atoms with Crippen LogP contribution in [0.4, 0.5) is 0 Å². The molecule has 0 atom stereocenters. The number of carbonyl (C=O) groups is 1. The molecule has 1 aromatic heterocycles. The van der Waals surface area contributed by atoms with Gasteiger partial charge in [0.05, 0.1) is 30.7 Å². The molecule has 106 valence electrons. The number of aromatic nitrogens is 2.